The smallest absolute Gasteiger partial charge is 0.186 e. The van der Waals surface area contributed by atoms with E-state index in [1.807, 2.05) is 12.1 Å². The highest BCUT2D eigenvalue weighted by atomic mass is 32.1. The average molecular weight is 234 g/mol. The summed E-state index contributed by atoms with van der Waals surface area (Å²) >= 11 is 1.74. The van der Waals surface area contributed by atoms with Gasteiger partial charge in [-0.25, -0.2) is 4.98 Å². The summed E-state index contributed by atoms with van der Waals surface area (Å²) in [5, 5.41) is 10.2. The molecule has 2 aromatic rings. The van der Waals surface area contributed by atoms with Crippen molar-refractivity contribution in [2.75, 3.05) is 24.6 Å². The van der Waals surface area contributed by atoms with Crippen LogP contribution in [0, 0.1) is 5.92 Å². The first kappa shape index (κ1) is 10.1. The van der Waals surface area contributed by atoms with Crippen molar-refractivity contribution in [1.82, 2.24) is 4.98 Å². The second kappa shape index (κ2) is 4.03. The van der Waals surface area contributed by atoms with Crippen LogP contribution in [-0.4, -0.2) is 29.8 Å². The number of benzene rings is 1. The summed E-state index contributed by atoms with van der Waals surface area (Å²) in [6.07, 6.45) is 1.08. The lowest BCUT2D eigenvalue weighted by Gasteiger charge is -2.13. The number of para-hydroxylation sites is 1. The van der Waals surface area contributed by atoms with Crippen LogP contribution in [0.4, 0.5) is 5.13 Å². The van der Waals surface area contributed by atoms with Gasteiger partial charge in [-0.2, -0.15) is 0 Å². The molecule has 1 aromatic carbocycles. The number of hydrogen-bond donors (Lipinski definition) is 1. The minimum Gasteiger partial charge on any atom is -0.396 e. The van der Waals surface area contributed by atoms with Gasteiger partial charge >= 0.3 is 0 Å². The highest BCUT2D eigenvalue weighted by Crippen LogP contribution is 2.31. The van der Waals surface area contributed by atoms with Crippen molar-refractivity contribution < 1.29 is 5.11 Å². The number of fused-ring (bicyclic) bond motifs is 1. The van der Waals surface area contributed by atoms with Gasteiger partial charge in [0, 0.05) is 25.6 Å². The van der Waals surface area contributed by atoms with Crippen LogP contribution in [-0.2, 0) is 0 Å². The minimum atomic E-state index is 0.293. The molecule has 1 saturated heterocycles. The first-order chi connectivity index (χ1) is 7.86. The van der Waals surface area contributed by atoms with E-state index in [0.717, 1.165) is 30.2 Å². The van der Waals surface area contributed by atoms with Crippen LogP contribution in [0.25, 0.3) is 10.2 Å². The number of hydrogen-bond acceptors (Lipinski definition) is 4. The Morgan fingerprint density at radius 1 is 1.44 bits per heavy atom. The molecule has 0 amide bonds. The minimum absolute atomic E-state index is 0.293. The predicted molar refractivity (Wildman–Crippen MR) is 67.0 cm³/mol. The predicted octanol–water partition coefficient (Wildman–Crippen LogP) is 2.11. The van der Waals surface area contributed by atoms with E-state index in [-0.39, 0.29) is 0 Å². The van der Waals surface area contributed by atoms with E-state index < -0.39 is 0 Å². The van der Waals surface area contributed by atoms with Crippen molar-refractivity contribution in [1.29, 1.82) is 0 Å². The molecule has 0 unspecified atom stereocenters. The van der Waals surface area contributed by atoms with Crippen molar-refractivity contribution in [3.8, 4) is 0 Å². The highest BCUT2D eigenvalue weighted by Gasteiger charge is 2.23. The van der Waals surface area contributed by atoms with Crippen molar-refractivity contribution in [2.45, 2.75) is 6.42 Å². The normalized spacial score (nSPS) is 20.8. The summed E-state index contributed by atoms with van der Waals surface area (Å²) in [5.41, 5.74) is 1.08. The molecule has 0 spiro atoms. The van der Waals surface area contributed by atoms with Gasteiger partial charge < -0.3 is 10.0 Å². The third-order valence-corrected chi connectivity index (χ3v) is 4.19. The Balaban J connectivity index is 1.89. The number of aliphatic hydroxyl groups is 1. The molecule has 0 bridgehead atoms. The molecule has 2 heterocycles. The molecule has 1 aliphatic rings. The second-order valence-electron chi connectivity index (χ2n) is 4.25. The SMILES string of the molecule is OC[C@H]1CCN(c2nc3ccccc3s2)C1. The topological polar surface area (TPSA) is 36.4 Å². The average Bonchev–Trinajstić information content (AvgIpc) is 2.95. The molecular formula is C12H14N2OS. The Hall–Kier alpha value is -1.13. The number of thiazole rings is 1. The van der Waals surface area contributed by atoms with E-state index >= 15 is 0 Å². The fraction of sp³-hybridized carbons (Fsp3) is 0.417. The van der Waals surface area contributed by atoms with Gasteiger partial charge in [0.25, 0.3) is 0 Å². The molecule has 4 heteroatoms. The number of anilines is 1. The lowest BCUT2D eigenvalue weighted by Crippen LogP contribution is -2.20. The quantitative estimate of drug-likeness (QED) is 0.864. The van der Waals surface area contributed by atoms with Gasteiger partial charge in [-0.3, -0.25) is 0 Å². The summed E-state index contributed by atoms with van der Waals surface area (Å²) in [7, 11) is 0. The molecule has 1 atom stereocenters. The lowest BCUT2D eigenvalue weighted by atomic mass is 10.1. The van der Waals surface area contributed by atoms with E-state index in [9.17, 15) is 0 Å². The zero-order chi connectivity index (χ0) is 11.0. The van der Waals surface area contributed by atoms with Crippen LogP contribution in [0.1, 0.15) is 6.42 Å². The van der Waals surface area contributed by atoms with Gasteiger partial charge in [0.1, 0.15) is 0 Å². The van der Waals surface area contributed by atoms with E-state index in [0.29, 0.717) is 12.5 Å². The van der Waals surface area contributed by atoms with Crippen molar-refractivity contribution >= 4 is 26.7 Å². The van der Waals surface area contributed by atoms with Crippen LogP contribution >= 0.6 is 11.3 Å². The Morgan fingerprint density at radius 2 is 2.31 bits per heavy atom. The lowest BCUT2D eigenvalue weighted by molar-refractivity contribution is 0.238. The number of rotatable bonds is 2. The first-order valence-electron chi connectivity index (χ1n) is 5.58. The molecule has 1 aliphatic heterocycles. The van der Waals surface area contributed by atoms with Crippen LogP contribution in [0.5, 0.6) is 0 Å². The summed E-state index contributed by atoms with van der Waals surface area (Å²) in [6.45, 7) is 2.25. The zero-order valence-corrected chi connectivity index (χ0v) is 9.78. The fourth-order valence-electron chi connectivity index (χ4n) is 2.15. The number of aliphatic hydroxyl groups excluding tert-OH is 1. The molecule has 1 fully saturated rings. The van der Waals surface area contributed by atoms with E-state index in [4.69, 9.17) is 5.11 Å². The van der Waals surface area contributed by atoms with Gasteiger partial charge in [-0.15, -0.1) is 0 Å². The number of nitrogens with zero attached hydrogens (tertiary/aromatic N) is 2. The molecule has 3 rings (SSSR count). The molecule has 84 valence electrons. The third kappa shape index (κ3) is 1.68. The van der Waals surface area contributed by atoms with E-state index in [1.54, 1.807) is 11.3 Å². The number of aromatic nitrogens is 1. The van der Waals surface area contributed by atoms with Crippen LogP contribution in [0.2, 0.25) is 0 Å². The molecule has 0 radical (unpaired) electrons. The Bertz CT molecular complexity index is 463. The van der Waals surface area contributed by atoms with Gasteiger partial charge in [0.2, 0.25) is 0 Å². The van der Waals surface area contributed by atoms with Gasteiger partial charge in [-0.1, -0.05) is 23.5 Å². The van der Waals surface area contributed by atoms with Crippen molar-refractivity contribution in [2.24, 2.45) is 5.92 Å². The molecule has 0 saturated carbocycles. The maximum absolute atomic E-state index is 9.13. The maximum atomic E-state index is 9.13. The van der Waals surface area contributed by atoms with Crippen LogP contribution in [0.15, 0.2) is 24.3 Å². The van der Waals surface area contributed by atoms with E-state index in [1.165, 1.54) is 4.70 Å². The Kier molecular flexibility index (Phi) is 2.53. The largest absolute Gasteiger partial charge is 0.396 e. The molecule has 3 nitrogen and oxygen atoms in total. The third-order valence-electron chi connectivity index (χ3n) is 3.10. The van der Waals surface area contributed by atoms with Crippen LogP contribution in [0.3, 0.4) is 0 Å². The molecule has 1 N–H and O–H groups in total. The molecule has 1 aromatic heterocycles. The molecule has 16 heavy (non-hydrogen) atoms. The monoisotopic (exact) mass is 234 g/mol. The Morgan fingerprint density at radius 3 is 3.06 bits per heavy atom. The Labute approximate surface area is 98.3 Å². The molecule has 0 aliphatic carbocycles. The van der Waals surface area contributed by atoms with Crippen LogP contribution < -0.4 is 4.90 Å². The molecular weight excluding hydrogens is 220 g/mol. The van der Waals surface area contributed by atoms with Gasteiger partial charge in [0.15, 0.2) is 5.13 Å². The van der Waals surface area contributed by atoms with Crippen molar-refractivity contribution in [3.63, 3.8) is 0 Å². The summed E-state index contributed by atoms with van der Waals surface area (Å²) in [6, 6.07) is 8.22. The van der Waals surface area contributed by atoms with E-state index in [2.05, 4.69) is 22.0 Å². The highest BCUT2D eigenvalue weighted by molar-refractivity contribution is 7.22. The summed E-state index contributed by atoms with van der Waals surface area (Å²) in [4.78, 5) is 6.91. The summed E-state index contributed by atoms with van der Waals surface area (Å²) in [5.74, 6) is 0.423. The van der Waals surface area contributed by atoms with Gasteiger partial charge in [-0.05, 0) is 18.6 Å². The standard InChI is InChI=1S/C12H14N2OS/c15-8-9-5-6-14(7-9)12-13-10-3-1-2-4-11(10)16-12/h1-4,9,15H,5-8H2/t9-/m0/s1. The fourth-order valence-corrected chi connectivity index (χ4v) is 3.15. The van der Waals surface area contributed by atoms with Gasteiger partial charge in [0.05, 0.1) is 10.2 Å². The summed E-state index contributed by atoms with van der Waals surface area (Å²) < 4.78 is 1.24. The maximum Gasteiger partial charge on any atom is 0.186 e. The van der Waals surface area contributed by atoms with Crippen molar-refractivity contribution in [3.05, 3.63) is 24.3 Å². The first-order valence-corrected chi connectivity index (χ1v) is 6.40. The zero-order valence-electron chi connectivity index (χ0n) is 8.97. The second-order valence-corrected chi connectivity index (χ2v) is 5.26.